The highest BCUT2D eigenvalue weighted by Gasteiger charge is 2.28. The number of amides is 1. The molecule has 1 fully saturated rings. The van der Waals surface area contributed by atoms with Gasteiger partial charge in [-0.1, -0.05) is 12.1 Å². The van der Waals surface area contributed by atoms with Crippen LogP contribution in [0.4, 0.5) is 5.69 Å². The third-order valence-corrected chi connectivity index (χ3v) is 4.30. The van der Waals surface area contributed by atoms with Gasteiger partial charge in [0.1, 0.15) is 0 Å². The van der Waals surface area contributed by atoms with Gasteiger partial charge >= 0.3 is 0 Å². The monoisotopic (exact) mass is 384 g/mol. The number of nitrogens with zero attached hydrogens (tertiary/aromatic N) is 2. The summed E-state index contributed by atoms with van der Waals surface area (Å²) in [5.74, 6) is 0.111. The van der Waals surface area contributed by atoms with E-state index in [0.29, 0.717) is 13.2 Å². The molecule has 0 spiro atoms. The van der Waals surface area contributed by atoms with Gasteiger partial charge in [0.25, 0.3) is 5.91 Å². The first-order valence-electron chi connectivity index (χ1n) is 6.86. The standard InChI is InChI=1S/C15H17IN2O2/c16-12-3-1-4-13(11-12)18-6-2-5-14(15(18)19)17-7-9-20-10-8-17/h1,3-5,11H,2,6-10H2. The third kappa shape index (κ3) is 2.83. The van der Waals surface area contributed by atoms with Gasteiger partial charge in [0.05, 0.1) is 18.9 Å². The van der Waals surface area contributed by atoms with Gasteiger partial charge in [-0.05, 0) is 47.2 Å². The second-order valence-electron chi connectivity index (χ2n) is 4.91. The fourth-order valence-corrected chi connectivity index (χ4v) is 3.14. The number of benzene rings is 1. The van der Waals surface area contributed by atoms with Crippen molar-refractivity contribution in [3.8, 4) is 0 Å². The first kappa shape index (κ1) is 13.9. The van der Waals surface area contributed by atoms with Gasteiger partial charge in [0.15, 0.2) is 0 Å². The molecular weight excluding hydrogens is 367 g/mol. The van der Waals surface area contributed by atoms with Gasteiger partial charge in [-0.3, -0.25) is 4.79 Å². The maximum atomic E-state index is 12.7. The summed E-state index contributed by atoms with van der Waals surface area (Å²) in [5, 5.41) is 0. The van der Waals surface area contributed by atoms with E-state index in [1.54, 1.807) is 0 Å². The molecule has 20 heavy (non-hydrogen) atoms. The average Bonchev–Trinajstić information content (AvgIpc) is 2.48. The molecule has 0 aromatic heterocycles. The number of hydrogen-bond donors (Lipinski definition) is 0. The second kappa shape index (κ2) is 6.13. The minimum Gasteiger partial charge on any atom is -0.378 e. The Morgan fingerprint density at radius 3 is 2.70 bits per heavy atom. The summed E-state index contributed by atoms with van der Waals surface area (Å²) in [5.41, 5.74) is 1.82. The maximum absolute atomic E-state index is 12.7. The summed E-state index contributed by atoms with van der Waals surface area (Å²) in [6, 6.07) is 8.09. The fraction of sp³-hybridized carbons (Fsp3) is 0.400. The number of halogens is 1. The van der Waals surface area contributed by atoms with Crippen LogP contribution >= 0.6 is 22.6 Å². The zero-order valence-corrected chi connectivity index (χ0v) is 13.4. The van der Waals surface area contributed by atoms with Crippen molar-refractivity contribution in [2.45, 2.75) is 6.42 Å². The minimum absolute atomic E-state index is 0.111. The zero-order valence-electron chi connectivity index (χ0n) is 11.2. The predicted molar refractivity (Wildman–Crippen MR) is 86.6 cm³/mol. The molecule has 5 heteroatoms. The van der Waals surface area contributed by atoms with Crippen LogP contribution in [0, 0.1) is 3.57 Å². The van der Waals surface area contributed by atoms with E-state index in [1.165, 1.54) is 0 Å². The molecule has 0 radical (unpaired) electrons. The van der Waals surface area contributed by atoms with Crippen LogP contribution in [0.15, 0.2) is 36.0 Å². The molecule has 1 aromatic rings. The number of rotatable bonds is 2. The molecular formula is C15H17IN2O2. The summed E-state index contributed by atoms with van der Waals surface area (Å²) in [4.78, 5) is 16.7. The number of hydrogen-bond acceptors (Lipinski definition) is 3. The van der Waals surface area contributed by atoms with Gasteiger partial charge in [0, 0.05) is 28.9 Å². The Hall–Kier alpha value is -1.08. The Balaban J connectivity index is 1.82. The van der Waals surface area contributed by atoms with Crippen molar-refractivity contribution in [2.24, 2.45) is 0 Å². The van der Waals surface area contributed by atoms with E-state index >= 15 is 0 Å². The van der Waals surface area contributed by atoms with Crippen molar-refractivity contribution in [3.05, 3.63) is 39.6 Å². The molecule has 2 aliphatic heterocycles. The van der Waals surface area contributed by atoms with E-state index in [2.05, 4.69) is 39.6 Å². The first-order chi connectivity index (χ1) is 9.75. The SMILES string of the molecule is O=C1C(N2CCOCC2)=CCCN1c1cccc(I)c1. The van der Waals surface area contributed by atoms with Crippen LogP contribution in [-0.2, 0) is 9.53 Å². The van der Waals surface area contributed by atoms with Gasteiger partial charge in [0.2, 0.25) is 0 Å². The summed E-state index contributed by atoms with van der Waals surface area (Å²) < 4.78 is 6.51. The molecule has 0 atom stereocenters. The highest BCUT2D eigenvalue weighted by atomic mass is 127. The summed E-state index contributed by atoms with van der Waals surface area (Å²) in [7, 11) is 0. The molecule has 2 heterocycles. The lowest BCUT2D eigenvalue weighted by Crippen LogP contribution is -2.45. The molecule has 1 saturated heterocycles. The molecule has 0 unspecified atom stereocenters. The Labute approximate surface area is 132 Å². The van der Waals surface area contributed by atoms with Crippen LogP contribution in [0.3, 0.4) is 0 Å². The molecule has 0 N–H and O–H groups in total. The molecule has 1 aromatic carbocycles. The van der Waals surface area contributed by atoms with Crippen molar-refractivity contribution in [1.82, 2.24) is 4.90 Å². The lowest BCUT2D eigenvalue weighted by Gasteiger charge is -2.35. The highest BCUT2D eigenvalue weighted by Crippen LogP contribution is 2.24. The minimum atomic E-state index is 0.111. The molecule has 0 saturated carbocycles. The number of carbonyl (C=O) groups excluding carboxylic acids is 1. The quantitative estimate of drug-likeness (QED) is 0.734. The number of ether oxygens (including phenoxy) is 1. The molecule has 3 rings (SSSR count). The molecule has 0 bridgehead atoms. The van der Waals surface area contributed by atoms with E-state index in [-0.39, 0.29) is 5.91 Å². The zero-order chi connectivity index (χ0) is 13.9. The van der Waals surface area contributed by atoms with Crippen molar-refractivity contribution in [1.29, 1.82) is 0 Å². The van der Waals surface area contributed by atoms with E-state index in [9.17, 15) is 4.79 Å². The van der Waals surface area contributed by atoms with Crippen LogP contribution in [0.25, 0.3) is 0 Å². The van der Waals surface area contributed by atoms with Crippen molar-refractivity contribution in [3.63, 3.8) is 0 Å². The largest absolute Gasteiger partial charge is 0.378 e. The molecule has 2 aliphatic rings. The van der Waals surface area contributed by atoms with Gasteiger partial charge in [-0.15, -0.1) is 0 Å². The van der Waals surface area contributed by atoms with E-state index < -0.39 is 0 Å². The fourth-order valence-electron chi connectivity index (χ4n) is 2.62. The summed E-state index contributed by atoms with van der Waals surface area (Å²) in [6.45, 7) is 3.77. The summed E-state index contributed by atoms with van der Waals surface area (Å²) in [6.07, 6.45) is 2.97. The number of anilines is 1. The van der Waals surface area contributed by atoms with Gasteiger partial charge < -0.3 is 14.5 Å². The molecule has 4 nitrogen and oxygen atoms in total. The normalized spacial score (nSPS) is 20.1. The van der Waals surface area contributed by atoms with Crippen LogP contribution < -0.4 is 4.90 Å². The van der Waals surface area contributed by atoms with Crippen LogP contribution in [0.1, 0.15) is 6.42 Å². The Bertz CT molecular complexity index is 538. The lowest BCUT2D eigenvalue weighted by atomic mass is 10.1. The lowest BCUT2D eigenvalue weighted by molar-refractivity contribution is -0.117. The highest BCUT2D eigenvalue weighted by molar-refractivity contribution is 14.1. The van der Waals surface area contributed by atoms with Crippen molar-refractivity contribution >= 4 is 34.2 Å². The number of carbonyl (C=O) groups is 1. The Morgan fingerprint density at radius 2 is 1.95 bits per heavy atom. The van der Waals surface area contributed by atoms with Crippen molar-refractivity contribution < 1.29 is 9.53 Å². The third-order valence-electron chi connectivity index (χ3n) is 3.63. The summed E-state index contributed by atoms with van der Waals surface area (Å²) >= 11 is 2.28. The van der Waals surface area contributed by atoms with E-state index in [0.717, 1.165) is 41.0 Å². The molecule has 106 valence electrons. The Kier molecular flexibility index (Phi) is 4.26. The average molecular weight is 384 g/mol. The van der Waals surface area contributed by atoms with Gasteiger partial charge in [-0.25, -0.2) is 0 Å². The van der Waals surface area contributed by atoms with Crippen LogP contribution in [0.2, 0.25) is 0 Å². The maximum Gasteiger partial charge on any atom is 0.274 e. The van der Waals surface area contributed by atoms with Crippen LogP contribution in [0.5, 0.6) is 0 Å². The topological polar surface area (TPSA) is 32.8 Å². The second-order valence-corrected chi connectivity index (χ2v) is 6.16. The van der Waals surface area contributed by atoms with E-state index in [1.807, 2.05) is 23.1 Å². The van der Waals surface area contributed by atoms with Crippen LogP contribution in [-0.4, -0.2) is 43.7 Å². The molecule has 1 amide bonds. The first-order valence-corrected chi connectivity index (χ1v) is 7.94. The van der Waals surface area contributed by atoms with Crippen molar-refractivity contribution in [2.75, 3.05) is 37.7 Å². The number of morpholine rings is 1. The predicted octanol–water partition coefficient (Wildman–Crippen LogP) is 2.24. The molecule has 0 aliphatic carbocycles. The smallest absolute Gasteiger partial charge is 0.274 e. The van der Waals surface area contributed by atoms with Gasteiger partial charge in [-0.2, -0.15) is 0 Å². The van der Waals surface area contributed by atoms with E-state index in [4.69, 9.17) is 4.74 Å². The Morgan fingerprint density at radius 1 is 1.15 bits per heavy atom.